The monoisotopic (exact) mass is 473 g/mol. The Morgan fingerprint density at radius 1 is 1.12 bits per heavy atom. The van der Waals surface area contributed by atoms with Crippen LogP contribution in [-0.2, 0) is 9.53 Å². The lowest BCUT2D eigenvalue weighted by Gasteiger charge is -2.42. The molecule has 3 amide bonds. The fourth-order valence-electron chi connectivity index (χ4n) is 4.13. The number of hydrogen-bond donors (Lipinski definition) is 3. The van der Waals surface area contributed by atoms with Crippen molar-refractivity contribution in [3.8, 4) is 5.75 Å². The third-order valence-corrected chi connectivity index (χ3v) is 6.03. The van der Waals surface area contributed by atoms with Crippen molar-refractivity contribution in [1.29, 1.82) is 0 Å². The van der Waals surface area contributed by atoms with Crippen LogP contribution in [-0.4, -0.2) is 59.8 Å². The number of rotatable bonds is 4. The summed E-state index contributed by atoms with van der Waals surface area (Å²) >= 11 is 5.86. The van der Waals surface area contributed by atoms with Crippen molar-refractivity contribution in [2.24, 2.45) is 0 Å². The molecule has 174 valence electrons. The maximum Gasteiger partial charge on any atom is 0.323 e. The second-order valence-corrected chi connectivity index (χ2v) is 8.50. The van der Waals surface area contributed by atoms with E-state index in [-0.39, 0.29) is 25.0 Å². The van der Waals surface area contributed by atoms with Gasteiger partial charge in [-0.3, -0.25) is 9.59 Å². The van der Waals surface area contributed by atoms with Gasteiger partial charge in [-0.2, -0.15) is 0 Å². The number of ether oxygens (including phenoxy) is 2. The van der Waals surface area contributed by atoms with Gasteiger partial charge in [-0.25, -0.2) is 4.79 Å². The van der Waals surface area contributed by atoms with Crippen LogP contribution in [0.3, 0.4) is 0 Å². The Kier molecular flexibility index (Phi) is 6.71. The molecule has 9 nitrogen and oxygen atoms in total. The fraction of sp³-hybridized carbons (Fsp3) is 0.348. The second kappa shape index (κ2) is 9.68. The molecule has 0 spiro atoms. The van der Waals surface area contributed by atoms with Crippen LogP contribution in [0.25, 0.3) is 0 Å². The molecule has 1 fully saturated rings. The van der Waals surface area contributed by atoms with Gasteiger partial charge in [-0.15, -0.1) is 0 Å². The van der Waals surface area contributed by atoms with Crippen molar-refractivity contribution in [2.45, 2.75) is 37.5 Å². The Balaban J connectivity index is 1.48. The molecule has 0 radical (unpaired) electrons. The molecule has 1 saturated heterocycles. The highest BCUT2D eigenvalue weighted by atomic mass is 35.5. The second-order valence-electron chi connectivity index (χ2n) is 8.06. The summed E-state index contributed by atoms with van der Waals surface area (Å²) in [5.74, 6) is -0.806. The van der Waals surface area contributed by atoms with Crippen LogP contribution in [0.15, 0.2) is 42.5 Å². The number of halogens is 1. The van der Waals surface area contributed by atoms with Crippen LogP contribution in [0.4, 0.5) is 16.2 Å². The molecule has 0 unspecified atom stereocenters. The predicted molar refractivity (Wildman–Crippen MR) is 122 cm³/mol. The number of fused-ring (bicyclic) bond motifs is 2. The van der Waals surface area contributed by atoms with Gasteiger partial charge in [0.1, 0.15) is 18.5 Å². The fourth-order valence-corrected chi connectivity index (χ4v) is 4.25. The maximum atomic E-state index is 13.2. The number of nitrogens with zero attached hydrogens (tertiary/aromatic N) is 1. The van der Waals surface area contributed by atoms with Gasteiger partial charge >= 0.3 is 12.0 Å². The largest absolute Gasteiger partial charge is 0.490 e. The molecular weight excluding hydrogens is 450 g/mol. The van der Waals surface area contributed by atoms with Gasteiger partial charge in [0.2, 0.25) is 0 Å². The lowest BCUT2D eigenvalue weighted by atomic mass is 9.94. The lowest BCUT2D eigenvalue weighted by molar-refractivity contribution is -0.148. The zero-order valence-electron chi connectivity index (χ0n) is 17.9. The van der Waals surface area contributed by atoms with Gasteiger partial charge in [0.25, 0.3) is 5.91 Å². The summed E-state index contributed by atoms with van der Waals surface area (Å²) in [6.07, 6.45) is 0.258. The first-order valence-electron chi connectivity index (χ1n) is 10.5. The summed E-state index contributed by atoms with van der Waals surface area (Å²) in [5, 5.41) is 15.0. The molecule has 2 aliphatic rings. The first kappa shape index (κ1) is 22.9. The molecule has 0 saturated carbocycles. The van der Waals surface area contributed by atoms with Gasteiger partial charge in [0, 0.05) is 23.4 Å². The van der Waals surface area contributed by atoms with E-state index in [2.05, 4.69) is 10.6 Å². The van der Waals surface area contributed by atoms with E-state index >= 15 is 0 Å². The minimum atomic E-state index is -0.917. The highest BCUT2D eigenvalue weighted by Gasteiger charge is 2.39. The van der Waals surface area contributed by atoms with Crippen LogP contribution in [0.5, 0.6) is 5.75 Å². The highest BCUT2D eigenvalue weighted by molar-refractivity contribution is 6.30. The smallest absolute Gasteiger partial charge is 0.323 e. The Morgan fingerprint density at radius 3 is 2.55 bits per heavy atom. The molecule has 0 aromatic heterocycles. The first-order chi connectivity index (χ1) is 15.8. The van der Waals surface area contributed by atoms with Crippen molar-refractivity contribution in [3.05, 3.63) is 53.1 Å². The summed E-state index contributed by atoms with van der Waals surface area (Å²) in [4.78, 5) is 38.2. The number of amides is 3. The summed E-state index contributed by atoms with van der Waals surface area (Å²) in [6, 6.07) is 10.8. The van der Waals surface area contributed by atoms with Gasteiger partial charge in [0.05, 0.1) is 24.1 Å². The van der Waals surface area contributed by atoms with Crippen molar-refractivity contribution in [3.63, 3.8) is 0 Å². The molecule has 2 heterocycles. The number of carbonyl (C=O) groups is 3. The minimum Gasteiger partial charge on any atom is -0.490 e. The predicted octanol–water partition coefficient (Wildman–Crippen LogP) is 3.84. The number of anilines is 2. The number of carboxylic acid groups (broad SMARTS) is 1. The van der Waals surface area contributed by atoms with Crippen molar-refractivity contribution >= 4 is 40.9 Å². The van der Waals surface area contributed by atoms with Crippen molar-refractivity contribution in [1.82, 2.24) is 4.90 Å². The molecule has 0 bridgehead atoms. The summed E-state index contributed by atoms with van der Waals surface area (Å²) < 4.78 is 11.8. The number of benzene rings is 2. The minimum absolute atomic E-state index is 0.0788. The Morgan fingerprint density at radius 2 is 1.82 bits per heavy atom. The summed E-state index contributed by atoms with van der Waals surface area (Å²) in [5.41, 5.74) is 1.34. The molecule has 4 rings (SSSR count). The lowest BCUT2D eigenvalue weighted by Crippen LogP contribution is -2.53. The average molecular weight is 474 g/mol. The number of likely N-dealkylation sites (N-methyl/N-ethyl adjacent to an activating group) is 1. The molecule has 0 aliphatic carbocycles. The molecule has 10 heteroatoms. The Bertz CT molecular complexity index is 1060. The number of aliphatic carboxylic acids is 1. The number of urea groups is 1. The molecule has 3 atom stereocenters. The van der Waals surface area contributed by atoms with Gasteiger partial charge < -0.3 is 30.1 Å². The van der Waals surface area contributed by atoms with E-state index in [1.807, 2.05) is 0 Å². The van der Waals surface area contributed by atoms with Gasteiger partial charge in [0.15, 0.2) is 0 Å². The summed E-state index contributed by atoms with van der Waals surface area (Å²) in [7, 11) is 1.70. The third kappa shape index (κ3) is 5.37. The standard InChI is InChI=1S/C23H24ClN3O6/c1-27-18-8-7-16(11-21(28)29)33-20(18)12-32-19-9-6-15(10-17(19)22(27)30)26-23(31)25-14-4-2-13(24)3-5-14/h2-6,9-10,16,18,20H,7-8,11-12H2,1H3,(H,28,29)(H2,25,26,31)/t16-,18+,20+/m1/s1. The molecule has 2 aliphatic heterocycles. The van der Waals surface area contributed by atoms with Crippen molar-refractivity contribution < 1.29 is 29.0 Å². The van der Waals surface area contributed by atoms with Gasteiger partial charge in [-0.1, -0.05) is 11.6 Å². The van der Waals surface area contributed by atoms with Crippen LogP contribution in [0.2, 0.25) is 5.02 Å². The molecule has 33 heavy (non-hydrogen) atoms. The van der Waals surface area contributed by atoms with E-state index in [1.54, 1.807) is 54.4 Å². The van der Waals surface area contributed by atoms with E-state index in [4.69, 9.17) is 26.2 Å². The molecule has 2 aromatic rings. The van der Waals surface area contributed by atoms with Gasteiger partial charge in [-0.05, 0) is 55.3 Å². The number of carbonyl (C=O) groups excluding carboxylic acids is 2. The summed E-state index contributed by atoms with van der Waals surface area (Å²) in [6.45, 7) is 0.190. The first-order valence-corrected chi connectivity index (χ1v) is 10.9. The van der Waals surface area contributed by atoms with Crippen LogP contribution < -0.4 is 15.4 Å². The van der Waals surface area contributed by atoms with E-state index in [1.165, 1.54) is 0 Å². The van der Waals surface area contributed by atoms with E-state index in [0.717, 1.165) is 0 Å². The zero-order chi connectivity index (χ0) is 23.5. The topological polar surface area (TPSA) is 117 Å². The SMILES string of the molecule is CN1C(=O)c2cc(NC(=O)Nc3ccc(Cl)cc3)ccc2OC[C@@H]2O[C@@H](CC(=O)O)CC[C@@H]21. The quantitative estimate of drug-likeness (QED) is 0.621. The molecule has 3 N–H and O–H groups in total. The number of nitrogens with one attached hydrogen (secondary N) is 2. The van der Waals surface area contributed by atoms with E-state index in [0.29, 0.717) is 40.6 Å². The number of hydrogen-bond acceptors (Lipinski definition) is 5. The maximum absolute atomic E-state index is 13.2. The third-order valence-electron chi connectivity index (χ3n) is 5.77. The average Bonchev–Trinajstić information content (AvgIpc) is 2.78. The highest BCUT2D eigenvalue weighted by Crippen LogP contribution is 2.32. The van der Waals surface area contributed by atoms with Crippen molar-refractivity contribution in [2.75, 3.05) is 24.3 Å². The normalized spacial score (nSPS) is 22.2. The Hall–Kier alpha value is -3.30. The Labute approximate surface area is 195 Å². The van der Waals surface area contributed by atoms with Crippen LogP contribution in [0, 0.1) is 0 Å². The van der Waals surface area contributed by atoms with E-state index in [9.17, 15) is 14.4 Å². The zero-order valence-corrected chi connectivity index (χ0v) is 18.7. The van der Waals surface area contributed by atoms with Crippen LogP contribution in [0.1, 0.15) is 29.6 Å². The molecule has 2 aromatic carbocycles. The number of carboxylic acids is 1. The van der Waals surface area contributed by atoms with Crippen LogP contribution >= 0.6 is 11.6 Å². The molecular formula is C23H24ClN3O6. The van der Waals surface area contributed by atoms with E-state index < -0.39 is 24.2 Å².